The van der Waals surface area contributed by atoms with Crippen LogP contribution >= 0.6 is 0 Å². The SMILES string of the molecule is CC(=O)O[C@@H]1CC[C@]2(C)[C@H]3CC[C@@]4(C)[C@@H](C[C@H]5CCCC[C@]54C(C)=O)[C@@H]3C[C@@H]3O[C@@]32C1. The summed E-state index contributed by atoms with van der Waals surface area (Å²) in [5.41, 5.74) is 0.235. The van der Waals surface area contributed by atoms with Crippen molar-refractivity contribution in [2.75, 3.05) is 0 Å². The number of ketones is 1. The van der Waals surface area contributed by atoms with Crippen molar-refractivity contribution in [2.45, 2.75) is 116 Å². The van der Waals surface area contributed by atoms with Crippen molar-refractivity contribution in [1.82, 2.24) is 0 Å². The van der Waals surface area contributed by atoms with Gasteiger partial charge in [0.1, 0.15) is 17.5 Å². The third-order valence-corrected chi connectivity index (χ3v) is 12.0. The number of ether oxygens (including phenoxy) is 2. The molecule has 5 aliphatic carbocycles. The van der Waals surface area contributed by atoms with Gasteiger partial charge >= 0.3 is 5.97 Å². The lowest BCUT2D eigenvalue weighted by Gasteiger charge is -2.61. The Morgan fingerprint density at radius 3 is 2.42 bits per heavy atom. The maximum atomic E-state index is 13.2. The maximum absolute atomic E-state index is 13.2. The lowest BCUT2D eigenvalue weighted by atomic mass is 9.42. The minimum Gasteiger partial charge on any atom is -0.462 e. The second kappa shape index (κ2) is 6.36. The third kappa shape index (κ3) is 2.36. The normalized spacial score (nSPS) is 56.9. The molecule has 4 heteroatoms. The summed E-state index contributed by atoms with van der Waals surface area (Å²) in [6, 6.07) is 0. The van der Waals surface area contributed by atoms with Gasteiger partial charge in [0.2, 0.25) is 0 Å². The minimum absolute atomic E-state index is 0.0244. The smallest absolute Gasteiger partial charge is 0.302 e. The Morgan fingerprint density at radius 1 is 0.903 bits per heavy atom. The van der Waals surface area contributed by atoms with E-state index in [-0.39, 0.29) is 33.9 Å². The molecule has 0 N–H and O–H groups in total. The first kappa shape index (κ1) is 20.7. The first-order valence-electron chi connectivity index (χ1n) is 13.0. The van der Waals surface area contributed by atoms with Gasteiger partial charge in [0.15, 0.2) is 0 Å². The van der Waals surface area contributed by atoms with Gasteiger partial charge in [0.05, 0.1) is 6.10 Å². The molecule has 10 atom stereocenters. The maximum Gasteiger partial charge on any atom is 0.302 e. The molecule has 172 valence electrons. The fourth-order valence-electron chi connectivity index (χ4n) is 10.8. The van der Waals surface area contributed by atoms with Gasteiger partial charge in [-0.15, -0.1) is 0 Å². The second-order valence-electron chi connectivity index (χ2n) is 12.7. The van der Waals surface area contributed by atoms with E-state index in [1.165, 1.54) is 45.4 Å². The number of rotatable bonds is 2. The van der Waals surface area contributed by atoms with Crippen molar-refractivity contribution in [3.63, 3.8) is 0 Å². The van der Waals surface area contributed by atoms with E-state index in [0.717, 1.165) is 32.1 Å². The van der Waals surface area contributed by atoms with Gasteiger partial charge in [-0.1, -0.05) is 26.7 Å². The van der Waals surface area contributed by atoms with E-state index in [1.807, 2.05) is 6.92 Å². The molecule has 1 aliphatic heterocycles. The average Bonchev–Trinajstić information content (AvgIpc) is 3.33. The van der Waals surface area contributed by atoms with Crippen molar-refractivity contribution in [1.29, 1.82) is 0 Å². The molecule has 6 aliphatic rings. The van der Waals surface area contributed by atoms with Crippen LogP contribution in [0.2, 0.25) is 0 Å². The third-order valence-electron chi connectivity index (χ3n) is 12.0. The van der Waals surface area contributed by atoms with Gasteiger partial charge in [-0.05, 0) is 87.4 Å². The molecule has 1 saturated heterocycles. The molecule has 0 unspecified atom stereocenters. The summed E-state index contributed by atoms with van der Waals surface area (Å²) in [4.78, 5) is 24.8. The zero-order chi connectivity index (χ0) is 21.8. The van der Waals surface area contributed by atoms with E-state index in [4.69, 9.17) is 9.47 Å². The molecule has 5 saturated carbocycles. The van der Waals surface area contributed by atoms with E-state index in [2.05, 4.69) is 13.8 Å². The van der Waals surface area contributed by atoms with Crippen LogP contribution < -0.4 is 0 Å². The summed E-state index contributed by atoms with van der Waals surface area (Å²) in [6.07, 6.45) is 13.1. The Balaban J connectivity index is 1.33. The van der Waals surface area contributed by atoms with Crippen LogP contribution in [0.3, 0.4) is 0 Å². The topological polar surface area (TPSA) is 55.9 Å². The highest BCUT2D eigenvalue weighted by atomic mass is 16.6. The molecule has 0 aromatic rings. The van der Waals surface area contributed by atoms with Gasteiger partial charge in [-0.3, -0.25) is 9.59 Å². The summed E-state index contributed by atoms with van der Waals surface area (Å²) < 4.78 is 12.2. The van der Waals surface area contributed by atoms with E-state index < -0.39 is 0 Å². The van der Waals surface area contributed by atoms with Gasteiger partial charge in [-0.25, -0.2) is 0 Å². The van der Waals surface area contributed by atoms with Crippen LogP contribution in [0, 0.1) is 39.9 Å². The van der Waals surface area contributed by atoms with Crippen LogP contribution in [0.15, 0.2) is 0 Å². The number of hydrogen-bond acceptors (Lipinski definition) is 4. The zero-order valence-electron chi connectivity index (χ0n) is 19.9. The van der Waals surface area contributed by atoms with Gasteiger partial charge < -0.3 is 9.47 Å². The van der Waals surface area contributed by atoms with Gasteiger partial charge in [0, 0.05) is 24.2 Å². The molecule has 6 rings (SSSR count). The summed E-state index contributed by atoms with van der Waals surface area (Å²) in [7, 11) is 0. The van der Waals surface area contributed by atoms with Crippen molar-refractivity contribution in [3.05, 3.63) is 0 Å². The fraction of sp³-hybridized carbons (Fsp3) is 0.926. The quantitative estimate of drug-likeness (QED) is 0.432. The lowest BCUT2D eigenvalue weighted by Crippen LogP contribution is -2.60. The number of fused-ring (bicyclic) bond motifs is 6. The summed E-state index contributed by atoms with van der Waals surface area (Å²) in [5, 5.41) is 0. The monoisotopic (exact) mass is 428 g/mol. The standard InChI is InChI=1S/C27H40O4/c1-16(28)26-10-6-5-7-18(26)13-22-20-14-23-27(31-23)15-19(30-17(2)29)8-11-25(27,4)21(20)9-12-24(22,26)3/h18-23H,5-15H2,1-4H3/t18-,19-,20-,21+,22+,23+,24+,25-,26+,27+/m1/s1. The summed E-state index contributed by atoms with van der Waals surface area (Å²) in [5.74, 6) is 2.98. The molecule has 4 nitrogen and oxygen atoms in total. The summed E-state index contributed by atoms with van der Waals surface area (Å²) in [6.45, 7) is 8.45. The Kier molecular flexibility index (Phi) is 4.25. The Bertz CT molecular complexity index is 822. The van der Waals surface area contributed by atoms with Crippen LogP contribution in [-0.2, 0) is 19.1 Å². The van der Waals surface area contributed by atoms with Crippen LogP contribution in [-0.4, -0.2) is 29.6 Å². The second-order valence-corrected chi connectivity index (χ2v) is 12.7. The molecule has 0 bridgehead atoms. The fourth-order valence-corrected chi connectivity index (χ4v) is 10.8. The molecule has 0 amide bonds. The Hall–Kier alpha value is -0.900. The van der Waals surface area contributed by atoms with Crippen molar-refractivity contribution in [3.8, 4) is 0 Å². The molecular formula is C27H40O4. The van der Waals surface area contributed by atoms with Crippen LogP contribution in [0.5, 0.6) is 0 Å². The van der Waals surface area contributed by atoms with Gasteiger partial charge in [-0.2, -0.15) is 0 Å². The first-order valence-corrected chi connectivity index (χ1v) is 13.0. The van der Waals surface area contributed by atoms with E-state index in [1.54, 1.807) is 0 Å². The molecule has 31 heavy (non-hydrogen) atoms. The van der Waals surface area contributed by atoms with E-state index in [9.17, 15) is 9.59 Å². The van der Waals surface area contributed by atoms with Crippen LogP contribution in [0.1, 0.15) is 98.3 Å². The molecule has 1 heterocycles. The Labute approximate surface area is 187 Å². The number of hydrogen-bond donors (Lipinski definition) is 0. The lowest BCUT2D eigenvalue weighted by molar-refractivity contribution is -0.163. The molecule has 1 spiro atoms. The molecule has 0 radical (unpaired) electrons. The predicted octanol–water partition coefficient (Wildman–Crippen LogP) is 5.47. The molecular weight excluding hydrogens is 388 g/mol. The highest BCUT2D eigenvalue weighted by molar-refractivity contribution is 5.84. The largest absolute Gasteiger partial charge is 0.462 e. The average molecular weight is 429 g/mol. The first-order chi connectivity index (χ1) is 14.7. The van der Waals surface area contributed by atoms with E-state index in [0.29, 0.717) is 35.6 Å². The zero-order valence-corrected chi connectivity index (χ0v) is 19.9. The number of epoxide rings is 1. The van der Waals surface area contributed by atoms with Crippen molar-refractivity contribution in [2.24, 2.45) is 39.9 Å². The predicted molar refractivity (Wildman–Crippen MR) is 117 cm³/mol. The molecule has 0 aromatic heterocycles. The minimum atomic E-state index is -0.160. The highest BCUT2D eigenvalue weighted by Crippen LogP contribution is 2.77. The number of esters is 1. The molecule has 0 aromatic carbocycles. The van der Waals surface area contributed by atoms with Crippen LogP contribution in [0.4, 0.5) is 0 Å². The van der Waals surface area contributed by atoms with Crippen molar-refractivity contribution < 1.29 is 19.1 Å². The number of carbonyl (C=O) groups excluding carboxylic acids is 2. The van der Waals surface area contributed by atoms with Crippen molar-refractivity contribution >= 4 is 11.8 Å². The number of carbonyl (C=O) groups is 2. The van der Waals surface area contributed by atoms with E-state index >= 15 is 0 Å². The highest BCUT2D eigenvalue weighted by Gasteiger charge is 2.78. The Morgan fingerprint density at radius 2 is 1.68 bits per heavy atom. The van der Waals surface area contributed by atoms with Crippen LogP contribution in [0.25, 0.3) is 0 Å². The summed E-state index contributed by atoms with van der Waals surface area (Å²) >= 11 is 0. The molecule has 6 fully saturated rings. The number of Topliss-reactive ketones (excluding diaryl/α,β-unsaturated/α-hetero) is 1. The van der Waals surface area contributed by atoms with Gasteiger partial charge in [0.25, 0.3) is 0 Å².